The van der Waals surface area contributed by atoms with Gasteiger partial charge in [0, 0.05) is 22.7 Å². The third kappa shape index (κ3) is 3.35. The Morgan fingerprint density at radius 2 is 2.00 bits per heavy atom. The standard InChI is InChI=1S/C15H20ClN3/c1-15(2,3)13(8-9-16)18-14-12-7-5-4-6-11(12)10-17-19-14/h4-7,10,13H,8-9H2,1-3H3,(H,18,19). The molecule has 1 heterocycles. The molecule has 0 amide bonds. The van der Waals surface area contributed by atoms with Crippen molar-refractivity contribution in [1.82, 2.24) is 10.2 Å². The molecule has 2 aromatic rings. The number of hydrogen-bond donors (Lipinski definition) is 1. The van der Waals surface area contributed by atoms with Crippen LogP contribution in [0.4, 0.5) is 5.82 Å². The Morgan fingerprint density at radius 1 is 1.26 bits per heavy atom. The van der Waals surface area contributed by atoms with Gasteiger partial charge in [-0.1, -0.05) is 45.0 Å². The molecule has 3 nitrogen and oxygen atoms in total. The summed E-state index contributed by atoms with van der Waals surface area (Å²) in [7, 11) is 0. The van der Waals surface area contributed by atoms with Gasteiger partial charge in [0.2, 0.25) is 0 Å². The molecule has 0 aliphatic carbocycles. The Balaban J connectivity index is 2.34. The van der Waals surface area contributed by atoms with Gasteiger partial charge >= 0.3 is 0 Å². The van der Waals surface area contributed by atoms with Gasteiger partial charge in [-0.3, -0.25) is 0 Å². The number of alkyl halides is 1. The molecule has 0 bridgehead atoms. The SMILES string of the molecule is CC(C)(C)C(CCCl)Nc1nncc2ccccc12. The monoisotopic (exact) mass is 277 g/mol. The first-order valence-electron chi connectivity index (χ1n) is 6.55. The second-order valence-electron chi connectivity index (χ2n) is 5.82. The number of rotatable bonds is 4. The smallest absolute Gasteiger partial charge is 0.156 e. The average Bonchev–Trinajstić information content (AvgIpc) is 2.37. The Hall–Kier alpha value is -1.35. The second-order valence-corrected chi connectivity index (χ2v) is 6.20. The number of anilines is 1. The number of halogens is 1. The molecule has 0 aliphatic rings. The third-order valence-corrected chi connectivity index (χ3v) is 3.54. The van der Waals surface area contributed by atoms with Crippen molar-refractivity contribution in [2.45, 2.75) is 33.2 Å². The van der Waals surface area contributed by atoms with Crippen molar-refractivity contribution in [3.63, 3.8) is 0 Å². The lowest BCUT2D eigenvalue weighted by atomic mass is 9.85. The summed E-state index contributed by atoms with van der Waals surface area (Å²) >= 11 is 5.91. The Kier molecular flexibility index (Phi) is 4.25. The molecular weight excluding hydrogens is 258 g/mol. The van der Waals surface area contributed by atoms with Gasteiger partial charge < -0.3 is 5.32 Å². The highest BCUT2D eigenvalue weighted by molar-refractivity contribution is 6.17. The van der Waals surface area contributed by atoms with Crippen molar-refractivity contribution in [2.24, 2.45) is 5.41 Å². The van der Waals surface area contributed by atoms with E-state index in [9.17, 15) is 0 Å². The predicted molar refractivity (Wildman–Crippen MR) is 81.7 cm³/mol. The maximum Gasteiger partial charge on any atom is 0.156 e. The zero-order chi connectivity index (χ0) is 13.9. The number of nitrogens with one attached hydrogen (secondary N) is 1. The summed E-state index contributed by atoms with van der Waals surface area (Å²) in [5, 5.41) is 14.0. The highest BCUT2D eigenvalue weighted by atomic mass is 35.5. The molecule has 4 heteroatoms. The number of fused-ring (bicyclic) bond motifs is 1. The van der Waals surface area contributed by atoms with Gasteiger partial charge in [0.25, 0.3) is 0 Å². The van der Waals surface area contributed by atoms with Crippen LogP contribution in [0.3, 0.4) is 0 Å². The van der Waals surface area contributed by atoms with E-state index in [2.05, 4.69) is 42.4 Å². The average molecular weight is 278 g/mol. The van der Waals surface area contributed by atoms with Crippen LogP contribution < -0.4 is 5.32 Å². The number of aromatic nitrogens is 2. The van der Waals surface area contributed by atoms with E-state index in [4.69, 9.17) is 11.6 Å². The van der Waals surface area contributed by atoms with Crippen LogP contribution in [0.25, 0.3) is 10.8 Å². The number of benzene rings is 1. The molecule has 2 rings (SSSR count). The highest BCUT2D eigenvalue weighted by Crippen LogP contribution is 2.28. The molecule has 102 valence electrons. The van der Waals surface area contributed by atoms with E-state index >= 15 is 0 Å². The van der Waals surface area contributed by atoms with E-state index in [1.165, 1.54) is 0 Å². The van der Waals surface area contributed by atoms with E-state index in [0.717, 1.165) is 23.0 Å². The zero-order valence-electron chi connectivity index (χ0n) is 11.7. The molecule has 1 atom stereocenters. The van der Waals surface area contributed by atoms with Gasteiger partial charge in [-0.25, -0.2) is 0 Å². The lowest BCUT2D eigenvalue weighted by molar-refractivity contribution is 0.334. The van der Waals surface area contributed by atoms with Crippen LogP contribution in [-0.2, 0) is 0 Å². The van der Waals surface area contributed by atoms with Crippen LogP contribution in [0.1, 0.15) is 27.2 Å². The summed E-state index contributed by atoms with van der Waals surface area (Å²) in [6.07, 6.45) is 2.68. The normalized spacial score (nSPS) is 13.5. The molecule has 19 heavy (non-hydrogen) atoms. The van der Waals surface area contributed by atoms with E-state index in [0.29, 0.717) is 5.88 Å². The molecule has 0 spiro atoms. The van der Waals surface area contributed by atoms with Gasteiger partial charge in [-0.15, -0.1) is 16.7 Å². The lowest BCUT2D eigenvalue weighted by Crippen LogP contribution is -2.34. The first kappa shape index (κ1) is 14.1. The Labute approximate surface area is 119 Å². The van der Waals surface area contributed by atoms with Crippen molar-refractivity contribution in [3.05, 3.63) is 30.5 Å². The van der Waals surface area contributed by atoms with E-state index in [1.807, 2.05) is 18.2 Å². The molecule has 0 fully saturated rings. The maximum absolute atomic E-state index is 5.91. The molecule has 0 saturated carbocycles. The van der Waals surface area contributed by atoms with Crippen LogP contribution >= 0.6 is 11.6 Å². The van der Waals surface area contributed by atoms with Gasteiger partial charge in [0.05, 0.1) is 6.20 Å². The van der Waals surface area contributed by atoms with Crippen LogP contribution in [0, 0.1) is 5.41 Å². The van der Waals surface area contributed by atoms with Crippen molar-refractivity contribution in [1.29, 1.82) is 0 Å². The molecule has 0 radical (unpaired) electrons. The van der Waals surface area contributed by atoms with Crippen molar-refractivity contribution < 1.29 is 0 Å². The van der Waals surface area contributed by atoms with Gasteiger partial charge in [0.1, 0.15) is 0 Å². The highest BCUT2D eigenvalue weighted by Gasteiger charge is 2.24. The fourth-order valence-corrected chi connectivity index (χ4v) is 2.35. The molecule has 1 aromatic carbocycles. The third-order valence-electron chi connectivity index (χ3n) is 3.32. The Morgan fingerprint density at radius 3 is 2.68 bits per heavy atom. The minimum Gasteiger partial charge on any atom is -0.365 e. The predicted octanol–water partition coefficient (Wildman–Crippen LogP) is 4.09. The van der Waals surface area contributed by atoms with E-state index in [-0.39, 0.29) is 11.5 Å². The van der Waals surface area contributed by atoms with Gasteiger partial charge in [-0.2, -0.15) is 5.10 Å². The topological polar surface area (TPSA) is 37.8 Å². The minimum absolute atomic E-state index is 0.119. The van der Waals surface area contributed by atoms with Crippen molar-refractivity contribution in [3.8, 4) is 0 Å². The van der Waals surface area contributed by atoms with E-state index < -0.39 is 0 Å². The zero-order valence-corrected chi connectivity index (χ0v) is 12.4. The summed E-state index contributed by atoms with van der Waals surface area (Å²) in [5.74, 6) is 1.47. The summed E-state index contributed by atoms with van der Waals surface area (Å²) in [6, 6.07) is 8.40. The molecule has 1 aromatic heterocycles. The van der Waals surface area contributed by atoms with Crippen LogP contribution in [0.2, 0.25) is 0 Å². The second kappa shape index (κ2) is 5.74. The summed E-state index contributed by atoms with van der Waals surface area (Å²) in [6.45, 7) is 6.61. The van der Waals surface area contributed by atoms with Crippen LogP contribution in [0.5, 0.6) is 0 Å². The van der Waals surface area contributed by atoms with Crippen molar-refractivity contribution in [2.75, 3.05) is 11.2 Å². The fraction of sp³-hybridized carbons (Fsp3) is 0.467. The minimum atomic E-state index is 0.119. The molecule has 1 unspecified atom stereocenters. The largest absolute Gasteiger partial charge is 0.365 e. The Bertz CT molecular complexity index is 543. The number of nitrogens with zero attached hydrogens (tertiary/aromatic N) is 2. The van der Waals surface area contributed by atoms with Crippen LogP contribution in [0.15, 0.2) is 30.5 Å². The summed E-state index contributed by atoms with van der Waals surface area (Å²) in [5.41, 5.74) is 0.119. The first-order chi connectivity index (χ1) is 9.02. The molecule has 1 N–H and O–H groups in total. The number of hydrogen-bond acceptors (Lipinski definition) is 3. The molecular formula is C15H20ClN3. The maximum atomic E-state index is 5.91. The lowest BCUT2D eigenvalue weighted by Gasteiger charge is -2.31. The fourth-order valence-electron chi connectivity index (χ4n) is 2.13. The first-order valence-corrected chi connectivity index (χ1v) is 7.09. The molecule has 0 saturated heterocycles. The van der Waals surface area contributed by atoms with Gasteiger partial charge in [0.15, 0.2) is 5.82 Å². The van der Waals surface area contributed by atoms with Gasteiger partial charge in [-0.05, 0) is 11.8 Å². The molecule has 0 aliphatic heterocycles. The summed E-state index contributed by atoms with van der Waals surface area (Å²) in [4.78, 5) is 0. The summed E-state index contributed by atoms with van der Waals surface area (Å²) < 4.78 is 0. The quantitative estimate of drug-likeness (QED) is 0.856. The van der Waals surface area contributed by atoms with Crippen molar-refractivity contribution >= 4 is 28.2 Å². The van der Waals surface area contributed by atoms with E-state index in [1.54, 1.807) is 6.20 Å². The van der Waals surface area contributed by atoms with Crippen LogP contribution in [-0.4, -0.2) is 22.1 Å².